The van der Waals surface area contributed by atoms with E-state index in [4.69, 9.17) is 4.98 Å². The number of nitrogens with one attached hydrogen (secondary N) is 1. The first-order valence-corrected chi connectivity index (χ1v) is 8.94. The lowest BCUT2D eigenvalue weighted by Gasteiger charge is -2.29. The molecule has 1 aromatic carbocycles. The molecule has 114 valence electrons. The molecule has 3 rings (SSSR count). The van der Waals surface area contributed by atoms with Crippen molar-refractivity contribution in [2.75, 3.05) is 13.1 Å². The normalized spacial score (nSPS) is 18.3. The predicted molar refractivity (Wildman–Crippen MR) is 91.9 cm³/mol. The van der Waals surface area contributed by atoms with Crippen LogP contribution in [0.4, 0.5) is 0 Å². The Bertz CT molecular complexity index is 567. The van der Waals surface area contributed by atoms with Crippen molar-refractivity contribution in [2.24, 2.45) is 17.3 Å². The number of aromatic nitrogens is 1. The van der Waals surface area contributed by atoms with E-state index in [-0.39, 0.29) is 0 Å². The van der Waals surface area contributed by atoms with Crippen molar-refractivity contribution >= 4 is 21.6 Å². The molecule has 1 aliphatic carbocycles. The fraction of sp³-hybridized carbons (Fsp3) is 0.611. The highest BCUT2D eigenvalue weighted by Gasteiger charge is 2.41. The quantitative estimate of drug-likeness (QED) is 0.814. The Morgan fingerprint density at radius 2 is 2.10 bits per heavy atom. The van der Waals surface area contributed by atoms with Crippen LogP contribution < -0.4 is 5.32 Å². The minimum Gasteiger partial charge on any atom is -0.316 e. The van der Waals surface area contributed by atoms with E-state index in [9.17, 15) is 0 Å². The average molecular weight is 302 g/mol. The third-order valence-electron chi connectivity index (χ3n) is 4.54. The van der Waals surface area contributed by atoms with Gasteiger partial charge in [0.05, 0.1) is 15.2 Å². The van der Waals surface area contributed by atoms with E-state index < -0.39 is 0 Å². The van der Waals surface area contributed by atoms with E-state index >= 15 is 0 Å². The fourth-order valence-electron chi connectivity index (χ4n) is 3.12. The number of hydrogen-bond acceptors (Lipinski definition) is 3. The summed E-state index contributed by atoms with van der Waals surface area (Å²) >= 11 is 1.87. The molecule has 3 heteroatoms. The van der Waals surface area contributed by atoms with Crippen molar-refractivity contribution in [2.45, 2.75) is 40.0 Å². The lowest BCUT2D eigenvalue weighted by atomic mass is 9.81. The lowest BCUT2D eigenvalue weighted by Crippen LogP contribution is -2.37. The molecule has 1 N–H and O–H groups in total. The summed E-state index contributed by atoms with van der Waals surface area (Å²) < 4.78 is 1.32. The second-order valence-electron chi connectivity index (χ2n) is 7.21. The van der Waals surface area contributed by atoms with Crippen LogP contribution in [0.15, 0.2) is 24.3 Å². The van der Waals surface area contributed by atoms with Crippen LogP contribution in [-0.2, 0) is 6.42 Å². The van der Waals surface area contributed by atoms with Gasteiger partial charge in [-0.15, -0.1) is 11.3 Å². The Morgan fingerprint density at radius 1 is 1.33 bits per heavy atom. The summed E-state index contributed by atoms with van der Waals surface area (Å²) in [5, 5.41) is 4.98. The minimum absolute atomic E-state index is 0.364. The van der Waals surface area contributed by atoms with E-state index in [2.05, 4.69) is 50.4 Å². The number of para-hydroxylation sites is 1. The number of benzene rings is 1. The summed E-state index contributed by atoms with van der Waals surface area (Å²) in [6.45, 7) is 9.22. The smallest absolute Gasteiger partial charge is 0.0944 e. The van der Waals surface area contributed by atoms with Gasteiger partial charge in [-0.1, -0.05) is 32.9 Å². The third-order valence-corrected chi connectivity index (χ3v) is 5.57. The molecule has 0 saturated heterocycles. The van der Waals surface area contributed by atoms with E-state index in [1.807, 2.05) is 11.3 Å². The van der Waals surface area contributed by atoms with Gasteiger partial charge in [0.15, 0.2) is 0 Å². The Morgan fingerprint density at radius 3 is 2.76 bits per heavy atom. The Hall–Kier alpha value is -0.930. The van der Waals surface area contributed by atoms with Gasteiger partial charge >= 0.3 is 0 Å². The second kappa shape index (κ2) is 6.05. The fourth-order valence-corrected chi connectivity index (χ4v) is 4.28. The number of nitrogens with zero attached hydrogens (tertiary/aromatic N) is 1. The summed E-state index contributed by atoms with van der Waals surface area (Å²) in [7, 11) is 0. The van der Waals surface area contributed by atoms with E-state index in [0.717, 1.165) is 36.9 Å². The van der Waals surface area contributed by atoms with Crippen molar-refractivity contribution in [1.29, 1.82) is 0 Å². The average Bonchev–Trinajstić information content (AvgIpc) is 3.20. The molecule has 0 amide bonds. The van der Waals surface area contributed by atoms with Crippen LogP contribution in [0.3, 0.4) is 0 Å². The molecule has 1 aliphatic rings. The molecule has 1 atom stereocenters. The van der Waals surface area contributed by atoms with Gasteiger partial charge in [-0.05, 0) is 48.8 Å². The van der Waals surface area contributed by atoms with Gasteiger partial charge in [-0.25, -0.2) is 4.98 Å². The molecule has 2 aromatic rings. The van der Waals surface area contributed by atoms with Gasteiger partial charge in [-0.2, -0.15) is 0 Å². The number of thiazole rings is 1. The summed E-state index contributed by atoms with van der Waals surface area (Å²) in [5.41, 5.74) is 1.52. The zero-order valence-electron chi connectivity index (χ0n) is 13.4. The molecule has 0 radical (unpaired) electrons. The maximum absolute atomic E-state index is 4.84. The molecule has 21 heavy (non-hydrogen) atoms. The van der Waals surface area contributed by atoms with Crippen LogP contribution in [0.2, 0.25) is 0 Å². The van der Waals surface area contributed by atoms with Gasteiger partial charge in [0.2, 0.25) is 0 Å². The predicted octanol–water partition coefficient (Wildman–Crippen LogP) is 4.50. The summed E-state index contributed by atoms with van der Waals surface area (Å²) in [6, 6.07) is 8.49. The molecule has 1 unspecified atom stereocenters. The highest BCUT2D eigenvalue weighted by atomic mass is 32.1. The van der Waals surface area contributed by atoms with Gasteiger partial charge < -0.3 is 5.32 Å². The first-order valence-electron chi connectivity index (χ1n) is 8.12. The Balaban J connectivity index is 1.71. The van der Waals surface area contributed by atoms with E-state index in [1.54, 1.807) is 0 Å². The van der Waals surface area contributed by atoms with Gasteiger partial charge in [0, 0.05) is 13.0 Å². The lowest BCUT2D eigenvalue weighted by molar-refractivity contribution is 0.252. The maximum atomic E-state index is 4.84. The molecular weight excluding hydrogens is 276 g/mol. The Labute approximate surface area is 132 Å². The SMILES string of the molecule is CC(C)CNCC(C)(Cc1nc2ccccc2s1)C1CC1. The molecule has 1 aromatic heterocycles. The first kappa shape index (κ1) is 15.0. The van der Waals surface area contributed by atoms with Crippen LogP contribution in [0, 0.1) is 17.3 Å². The van der Waals surface area contributed by atoms with Crippen molar-refractivity contribution in [3.05, 3.63) is 29.3 Å². The molecule has 1 fully saturated rings. The largest absolute Gasteiger partial charge is 0.316 e. The zero-order chi connectivity index (χ0) is 14.9. The summed E-state index contributed by atoms with van der Waals surface area (Å²) in [5.74, 6) is 1.60. The van der Waals surface area contributed by atoms with Crippen LogP contribution in [0.1, 0.15) is 38.6 Å². The van der Waals surface area contributed by atoms with Crippen molar-refractivity contribution in [3.8, 4) is 0 Å². The van der Waals surface area contributed by atoms with E-state index in [1.165, 1.54) is 22.5 Å². The molecule has 0 bridgehead atoms. The van der Waals surface area contributed by atoms with Crippen molar-refractivity contribution < 1.29 is 0 Å². The van der Waals surface area contributed by atoms with Crippen molar-refractivity contribution in [1.82, 2.24) is 10.3 Å². The van der Waals surface area contributed by atoms with Gasteiger partial charge in [-0.3, -0.25) is 0 Å². The standard InChI is InChI=1S/C18H26N2S/c1-13(2)11-19-12-18(3,14-8-9-14)10-17-20-15-6-4-5-7-16(15)21-17/h4-7,13-14,19H,8-12H2,1-3H3. The third kappa shape index (κ3) is 3.64. The summed E-state index contributed by atoms with van der Waals surface area (Å²) in [4.78, 5) is 4.84. The van der Waals surface area contributed by atoms with Crippen LogP contribution >= 0.6 is 11.3 Å². The molecule has 0 aliphatic heterocycles. The molecule has 1 heterocycles. The summed E-state index contributed by atoms with van der Waals surface area (Å²) in [6.07, 6.45) is 3.90. The number of hydrogen-bond donors (Lipinski definition) is 1. The maximum Gasteiger partial charge on any atom is 0.0944 e. The highest BCUT2D eigenvalue weighted by molar-refractivity contribution is 7.18. The van der Waals surface area contributed by atoms with Gasteiger partial charge in [0.25, 0.3) is 0 Å². The second-order valence-corrected chi connectivity index (χ2v) is 8.32. The number of rotatable bonds is 7. The topological polar surface area (TPSA) is 24.9 Å². The van der Waals surface area contributed by atoms with Crippen LogP contribution in [0.25, 0.3) is 10.2 Å². The monoisotopic (exact) mass is 302 g/mol. The Kier molecular flexibility index (Phi) is 4.32. The molecular formula is C18H26N2S. The number of fused-ring (bicyclic) bond motifs is 1. The van der Waals surface area contributed by atoms with Crippen LogP contribution in [-0.4, -0.2) is 18.1 Å². The van der Waals surface area contributed by atoms with Gasteiger partial charge in [0.1, 0.15) is 0 Å². The van der Waals surface area contributed by atoms with Crippen LogP contribution in [0.5, 0.6) is 0 Å². The minimum atomic E-state index is 0.364. The first-order chi connectivity index (χ1) is 10.1. The highest BCUT2D eigenvalue weighted by Crippen LogP contribution is 2.47. The van der Waals surface area contributed by atoms with Crippen molar-refractivity contribution in [3.63, 3.8) is 0 Å². The molecule has 2 nitrogen and oxygen atoms in total. The molecule has 1 saturated carbocycles. The van der Waals surface area contributed by atoms with E-state index in [0.29, 0.717) is 5.41 Å². The zero-order valence-corrected chi connectivity index (χ0v) is 14.2. The molecule has 0 spiro atoms.